The molecular weight excluding hydrogens is 274 g/mol. The highest BCUT2D eigenvalue weighted by Gasteiger charge is 2.19. The summed E-state index contributed by atoms with van der Waals surface area (Å²) in [6, 6.07) is 4.45. The van der Waals surface area contributed by atoms with Gasteiger partial charge in [-0.3, -0.25) is 0 Å². The van der Waals surface area contributed by atoms with Gasteiger partial charge in [-0.05, 0) is 28.3 Å². The van der Waals surface area contributed by atoms with Gasteiger partial charge in [0.25, 0.3) is 0 Å². The maximum atomic E-state index is 5.02. The Morgan fingerprint density at radius 1 is 1.50 bits per heavy atom. The van der Waals surface area contributed by atoms with Gasteiger partial charge in [-0.25, -0.2) is 4.68 Å². The molecule has 0 aliphatic carbocycles. The summed E-state index contributed by atoms with van der Waals surface area (Å²) in [6.45, 7) is 4.31. The van der Waals surface area contributed by atoms with Crippen molar-refractivity contribution in [3.63, 3.8) is 0 Å². The van der Waals surface area contributed by atoms with Gasteiger partial charge in [0.1, 0.15) is 0 Å². The fourth-order valence-corrected chi connectivity index (χ4v) is 2.93. The van der Waals surface area contributed by atoms with Crippen LogP contribution in [0.25, 0.3) is 0 Å². The van der Waals surface area contributed by atoms with Crippen LogP contribution in [0.2, 0.25) is 0 Å². The minimum Gasteiger partial charge on any atom is -0.383 e. The summed E-state index contributed by atoms with van der Waals surface area (Å²) in [5, 5.41) is 17.5. The van der Waals surface area contributed by atoms with Crippen molar-refractivity contribution in [1.82, 2.24) is 25.5 Å². The van der Waals surface area contributed by atoms with Crippen molar-refractivity contribution >= 4 is 11.3 Å². The van der Waals surface area contributed by atoms with Gasteiger partial charge in [-0.2, -0.15) is 0 Å². The highest BCUT2D eigenvalue weighted by molar-refractivity contribution is 7.10. The molecule has 7 heteroatoms. The normalized spacial score (nSPS) is 12.7. The van der Waals surface area contributed by atoms with E-state index < -0.39 is 0 Å². The third kappa shape index (κ3) is 3.84. The summed E-state index contributed by atoms with van der Waals surface area (Å²) >= 11 is 1.75. The SMILES string of the molecule is CCCC(c1cccs1)n1nnnc1CNCCOC. The zero-order valence-corrected chi connectivity index (χ0v) is 12.8. The van der Waals surface area contributed by atoms with E-state index in [1.165, 1.54) is 4.88 Å². The van der Waals surface area contributed by atoms with E-state index in [1.54, 1.807) is 18.4 Å². The van der Waals surface area contributed by atoms with Crippen molar-refractivity contribution < 1.29 is 4.74 Å². The molecule has 0 aliphatic heterocycles. The van der Waals surface area contributed by atoms with Crippen molar-refractivity contribution in [3.05, 3.63) is 28.2 Å². The topological polar surface area (TPSA) is 64.9 Å². The Labute approximate surface area is 123 Å². The van der Waals surface area contributed by atoms with Gasteiger partial charge in [0.05, 0.1) is 19.2 Å². The molecule has 2 heterocycles. The van der Waals surface area contributed by atoms with E-state index in [0.29, 0.717) is 13.2 Å². The van der Waals surface area contributed by atoms with E-state index in [-0.39, 0.29) is 6.04 Å². The molecule has 1 unspecified atom stereocenters. The first kappa shape index (κ1) is 15.1. The Balaban J connectivity index is 2.07. The average molecular weight is 295 g/mol. The number of nitrogens with zero attached hydrogens (tertiary/aromatic N) is 4. The van der Waals surface area contributed by atoms with Gasteiger partial charge in [-0.1, -0.05) is 19.4 Å². The molecule has 1 atom stereocenters. The summed E-state index contributed by atoms with van der Waals surface area (Å²) in [5.41, 5.74) is 0. The van der Waals surface area contributed by atoms with Crippen LogP contribution in [0.1, 0.15) is 36.5 Å². The fraction of sp³-hybridized carbons (Fsp3) is 0.615. The Bertz CT molecular complexity index is 485. The highest BCUT2D eigenvalue weighted by Crippen LogP contribution is 2.27. The van der Waals surface area contributed by atoms with Crippen LogP contribution in [0, 0.1) is 0 Å². The van der Waals surface area contributed by atoms with Crippen molar-refractivity contribution in [3.8, 4) is 0 Å². The summed E-state index contributed by atoms with van der Waals surface area (Å²) in [5.74, 6) is 0.868. The van der Waals surface area contributed by atoms with Crippen LogP contribution < -0.4 is 5.32 Å². The molecular formula is C13H21N5OS. The van der Waals surface area contributed by atoms with E-state index in [1.807, 2.05) is 4.68 Å². The molecule has 110 valence electrons. The number of aromatic nitrogens is 4. The largest absolute Gasteiger partial charge is 0.383 e. The first-order valence-corrected chi connectivity index (χ1v) is 7.74. The Hall–Kier alpha value is -1.31. The van der Waals surface area contributed by atoms with E-state index >= 15 is 0 Å². The van der Waals surface area contributed by atoms with Crippen LogP contribution in [0.15, 0.2) is 17.5 Å². The lowest BCUT2D eigenvalue weighted by molar-refractivity contribution is 0.198. The number of hydrogen-bond acceptors (Lipinski definition) is 6. The molecule has 0 amide bonds. The number of hydrogen-bond donors (Lipinski definition) is 1. The zero-order chi connectivity index (χ0) is 14.2. The molecule has 0 saturated heterocycles. The standard InChI is InChI=1S/C13H21N5OS/c1-3-5-11(12-6-4-9-20-12)18-13(15-16-17-18)10-14-7-8-19-2/h4,6,9,11,14H,3,5,7-8,10H2,1-2H3. The van der Waals surface area contributed by atoms with E-state index in [9.17, 15) is 0 Å². The quantitative estimate of drug-likeness (QED) is 0.715. The number of tetrazole rings is 1. The predicted molar refractivity (Wildman–Crippen MR) is 78.8 cm³/mol. The molecule has 1 N–H and O–H groups in total. The van der Waals surface area contributed by atoms with E-state index in [4.69, 9.17) is 4.74 Å². The summed E-state index contributed by atoms with van der Waals surface area (Å²) in [6.07, 6.45) is 2.13. The molecule has 0 fully saturated rings. The van der Waals surface area contributed by atoms with Crippen molar-refractivity contribution in [2.75, 3.05) is 20.3 Å². The second kappa shape index (κ2) is 8.08. The monoisotopic (exact) mass is 295 g/mol. The molecule has 0 aromatic carbocycles. The predicted octanol–water partition coefficient (Wildman–Crippen LogP) is 1.86. The maximum Gasteiger partial charge on any atom is 0.165 e. The zero-order valence-electron chi connectivity index (χ0n) is 12.0. The molecule has 20 heavy (non-hydrogen) atoms. The number of thiophene rings is 1. The van der Waals surface area contributed by atoms with Crippen molar-refractivity contribution in [2.45, 2.75) is 32.4 Å². The number of rotatable bonds is 9. The molecule has 2 aromatic heterocycles. The molecule has 0 spiro atoms. The first-order valence-electron chi connectivity index (χ1n) is 6.86. The highest BCUT2D eigenvalue weighted by atomic mass is 32.1. The first-order chi connectivity index (χ1) is 9.86. The van der Waals surface area contributed by atoms with Gasteiger partial charge < -0.3 is 10.1 Å². The van der Waals surface area contributed by atoms with E-state index in [2.05, 4.69) is 45.3 Å². The third-order valence-electron chi connectivity index (χ3n) is 3.06. The molecule has 2 aromatic rings. The smallest absolute Gasteiger partial charge is 0.165 e. The van der Waals surface area contributed by atoms with Gasteiger partial charge in [0, 0.05) is 18.5 Å². The number of nitrogens with one attached hydrogen (secondary N) is 1. The van der Waals surface area contributed by atoms with Gasteiger partial charge in [-0.15, -0.1) is 16.4 Å². The lowest BCUT2D eigenvalue weighted by atomic mass is 10.1. The Morgan fingerprint density at radius 2 is 2.40 bits per heavy atom. The van der Waals surface area contributed by atoms with Crippen LogP contribution >= 0.6 is 11.3 Å². The summed E-state index contributed by atoms with van der Waals surface area (Å²) < 4.78 is 6.96. The van der Waals surface area contributed by atoms with Crippen LogP contribution in [-0.2, 0) is 11.3 Å². The molecule has 2 rings (SSSR count). The van der Waals surface area contributed by atoms with Crippen LogP contribution in [-0.4, -0.2) is 40.5 Å². The molecule has 0 bridgehead atoms. The lowest BCUT2D eigenvalue weighted by Gasteiger charge is -2.16. The number of methoxy groups -OCH3 is 1. The minimum atomic E-state index is 0.231. The summed E-state index contributed by atoms with van der Waals surface area (Å²) in [4.78, 5) is 1.30. The number of ether oxygens (including phenoxy) is 1. The lowest BCUT2D eigenvalue weighted by Crippen LogP contribution is -2.23. The fourth-order valence-electron chi connectivity index (χ4n) is 2.08. The maximum absolute atomic E-state index is 5.02. The second-order valence-corrected chi connectivity index (χ2v) is 5.51. The molecule has 6 nitrogen and oxygen atoms in total. The molecule has 0 radical (unpaired) electrons. The summed E-state index contributed by atoms with van der Waals surface area (Å²) in [7, 11) is 1.69. The van der Waals surface area contributed by atoms with Gasteiger partial charge in [0.15, 0.2) is 5.82 Å². The second-order valence-electron chi connectivity index (χ2n) is 4.53. The molecule has 0 saturated carbocycles. The molecule has 0 aliphatic rings. The van der Waals surface area contributed by atoms with Crippen LogP contribution in [0.5, 0.6) is 0 Å². The van der Waals surface area contributed by atoms with Gasteiger partial charge >= 0.3 is 0 Å². The Kier molecular flexibility index (Phi) is 6.10. The average Bonchev–Trinajstić information content (AvgIpc) is 3.12. The minimum absolute atomic E-state index is 0.231. The third-order valence-corrected chi connectivity index (χ3v) is 4.03. The van der Waals surface area contributed by atoms with Crippen LogP contribution in [0.4, 0.5) is 0 Å². The van der Waals surface area contributed by atoms with Crippen molar-refractivity contribution in [1.29, 1.82) is 0 Å². The van der Waals surface area contributed by atoms with Gasteiger partial charge in [0.2, 0.25) is 0 Å². The Morgan fingerprint density at radius 3 is 3.10 bits per heavy atom. The van der Waals surface area contributed by atoms with Crippen LogP contribution in [0.3, 0.4) is 0 Å². The van der Waals surface area contributed by atoms with E-state index in [0.717, 1.165) is 25.2 Å². The van der Waals surface area contributed by atoms with Crippen molar-refractivity contribution in [2.24, 2.45) is 0 Å².